The van der Waals surface area contributed by atoms with Gasteiger partial charge >= 0.3 is 0 Å². The third-order valence-electron chi connectivity index (χ3n) is 11.3. The molecule has 0 saturated carbocycles. The molecule has 0 N–H and O–H groups in total. The van der Waals surface area contributed by atoms with E-state index in [2.05, 4.69) is 164 Å². The smallest absolute Gasteiger partial charge is 0.147 e. The Morgan fingerprint density at radius 3 is 1.46 bits per heavy atom. The lowest BCUT2D eigenvalue weighted by atomic mass is 9.96. The lowest BCUT2D eigenvalue weighted by Crippen LogP contribution is -1.92. The lowest BCUT2D eigenvalue weighted by Gasteiger charge is -2.11. The molecule has 0 radical (unpaired) electrons. The zero-order chi connectivity index (χ0) is 36.7. The fraction of sp³-hybridized carbons (Fsp3) is 0. The Morgan fingerprint density at radius 1 is 0.321 bits per heavy atom. The maximum atomic E-state index is 6.75. The fourth-order valence-corrected chi connectivity index (χ4v) is 8.62. The van der Waals surface area contributed by atoms with Crippen LogP contribution in [0, 0.1) is 0 Å². The normalized spacial score (nSPS) is 11.9. The Hall–Kier alpha value is -7.56. The van der Waals surface area contributed by atoms with E-state index in [1.807, 2.05) is 18.3 Å². The molecule has 4 heteroatoms. The lowest BCUT2D eigenvalue weighted by molar-refractivity contribution is 0.658. The average Bonchev–Trinajstić information content (AvgIpc) is 3.83. The van der Waals surface area contributed by atoms with Crippen molar-refractivity contribution in [3.63, 3.8) is 0 Å². The van der Waals surface area contributed by atoms with Crippen LogP contribution in [0.15, 0.2) is 191 Å². The first kappa shape index (κ1) is 30.9. The van der Waals surface area contributed by atoms with Crippen molar-refractivity contribution < 1.29 is 8.83 Å². The quantitative estimate of drug-likeness (QED) is 0.170. The summed E-state index contributed by atoms with van der Waals surface area (Å²) < 4.78 is 13.4. The Bertz CT molecular complexity index is 3490. The minimum Gasteiger partial charge on any atom is -0.455 e. The monoisotopic (exact) mass is 714 g/mol. The van der Waals surface area contributed by atoms with Crippen LogP contribution in [-0.4, -0.2) is 9.97 Å². The minimum absolute atomic E-state index is 0.818. The molecule has 4 nitrogen and oxygen atoms in total. The van der Waals surface area contributed by atoms with E-state index in [0.717, 1.165) is 105 Å². The molecule has 0 spiro atoms. The van der Waals surface area contributed by atoms with Crippen LogP contribution in [0.4, 0.5) is 0 Å². The van der Waals surface area contributed by atoms with Crippen LogP contribution in [0.25, 0.3) is 121 Å². The molecule has 0 saturated heterocycles. The molecule has 12 aromatic rings. The van der Waals surface area contributed by atoms with Gasteiger partial charge in [-0.05, 0) is 75.0 Å². The van der Waals surface area contributed by atoms with Crippen molar-refractivity contribution in [3.8, 4) is 44.6 Å². The molecule has 0 fully saturated rings. The summed E-state index contributed by atoms with van der Waals surface area (Å²) in [5.41, 5.74) is 13.5. The summed E-state index contributed by atoms with van der Waals surface area (Å²) in [5.74, 6) is 0. The third kappa shape index (κ3) is 4.66. The summed E-state index contributed by atoms with van der Waals surface area (Å²) in [6.07, 6.45) is 1.91. The number of benzene rings is 9. The molecule has 3 heterocycles. The summed E-state index contributed by atoms with van der Waals surface area (Å²) in [6.45, 7) is 0. The van der Waals surface area contributed by atoms with Crippen molar-refractivity contribution in [3.05, 3.63) is 182 Å². The molecular weight excluding hydrogens is 685 g/mol. The van der Waals surface area contributed by atoms with Crippen molar-refractivity contribution in [2.45, 2.75) is 0 Å². The first-order valence-corrected chi connectivity index (χ1v) is 18.9. The van der Waals surface area contributed by atoms with Crippen molar-refractivity contribution in [1.82, 2.24) is 9.97 Å². The van der Waals surface area contributed by atoms with Gasteiger partial charge in [-0.25, -0.2) is 4.98 Å². The standard InChI is InChI=1S/C52H30N2O2/c1-3-12-31(13-4-1)34-22-24-46-41(27-34)43-29-44-42-28-35(23-25-47(42)56-52(44)48(51(43)55-46)32-14-5-2-6-15-32)33-16-11-17-36(26-33)45-30-53-49-39-20-9-7-18-37(39)38-19-8-10-21-40(38)50(49)54-45/h1-30H. The molecule has 12 rings (SSSR count). The third-order valence-corrected chi connectivity index (χ3v) is 11.3. The van der Waals surface area contributed by atoms with Crippen molar-refractivity contribution in [2.24, 2.45) is 0 Å². The number of rotatable bonds is 4. The van der Waals surface area contributed by atoms with Crippen LogP contribution >= 0.6 is 0 Å². The van der Waals surface area contributed by atoms with Crippen LogP contribution in [0.1, 0.15) is 0 Å². The molecule has 0 atom stereocenters. The van der Waals surface area contributed by atoms with Crippen LogP contribution in [0.2, 0.25) is 0 Å². The van der Waals surface area contributed by atoms with E-state index in [4.69, 9.17) is 18.8 Å². The zero-order valence-electron chi connectivity index (χ0n) is 30.0. The highest BCUT2D eigenvalue weighted by molar-refractivity contribution is 6.24. The van der Waals surface area contributed by atoms with E-state index in [1.165, 1.54) is 16.3 Å². The summed E-state index contributed by atoms with van der Waals surface area (Å²) in [4.78, 5) is 10.3. The first-order chi connectivity index (χ1) is 27.7. The summed E-state index contributed by atoms with van der Waals surface area (Å²) in [6, 6.07) is 61.7. The molecule has 0 aliphatic carbocycles. The highest BCUT2D eigenvalue weighted by Crippen LogP contribution is 2.46. The zero-order valence-corrected chi connectivity index (χ0v) is 30.0. The minimum atomic E-state index is 0.818. The molecule has 56 heavy (non-hydrogen) atoms. The fourth-order valence-electron chi connectivity index (χ4n) is 8.62. The number of nitrogens with zero attached hydrogens (tertiary/aromatic N) is 2. The Morgan fingerprint density at radius 2 is 0.821 bits per heavy atom. The van der Waals surface area contributed by atoms with E-state index in [1.54, 1.807) is 0 Å². The SMILES string of the molecule is c1ccc(-c2ccc3oc4c(-c5ccccc5)c5oc6ccc(-c7cccc(-c8cnc9c%10ccccc%10c%10ccccc%10c9n8)c7)cc6c5cc4c3c2)cc1. The van der Waals surface area contributed by atoms with E-state index in [9.17, 15) is 0 Å². The molecule has 260 valence electrons. The van der Waals surface area contributed by atoms with Crippen molar-refractivity contribution >= 4 is 76.5 Å². The van der Waals surface area contributed by atoms with Crippen LogP contribution in [0.5, 0.6) is 0 Å². The molecule has 9 aromatic carbocycles. The number of hydrogen-bond acceptors (Lipinski definition) is 4. The first-order valence-electron chi connectivity index (χ1n) is 18.9. The van der Waals surface area contributed by atoms with Gasteiger partial charge < -0.3 is 8.83 Å². The molecule has 0 bridgehead atoms. The maximum absolute atomic E-state index is 6.75. The number of aromatic nitrogens is 2. The summed E-state index contributed by atoms with van der Waals surface area (Å²) >= 11 is 0. The average molecular weight is 715 g/mol. The van der Waals surface area contributed by atoms with Gasteiger partial charge in [-0.15, -0.1) is 0 Å². The van der Waals surface area contributed by atoms with Gasteiger partial charge in [-0.1, -0.05) is 140 Å². The van der Waals surface area contributed by atoms with Gasteiger partial charge in [0.2, 0.25) is 0 Å². The number of furan rings is 2. The van der Waals surface area contributed by atoms with Gasteiger partial charge in [-0.3, -0.25) is 4.98 Å². The molecule has 0 aliphatic rings. The molecule has 0 aliphatic heterocycles. The highest BCUT2D eigenvalue weighted by atomic mass is 16.3. The topological polar surface area (TPSA) is 52.1 Å². The van der Waals surface area contributed by atoms with E-state index >= 15 is 0 Å². The van der Waals surface area contributed by atoms with E-state index in [0.29, 0.717) is 0 Å². The second-order valence-electron chi connectivity index (χ2n) is 14.5. The second kappa shape index (κ2) is 12.0. The van der Waals surface area contributed by atoms with Crippen LogP contribution < -0.4 is 0 Å². The van der Waals surface area contributed by atoms with Crippen LogP contribution in [-0.2, 0) is 0 Å². The Kier molecular flexibility index (Phi) is 6.60. The van der Waals surface area contributed by atoms with Crippen molar-refractivity contribution in [2.75, 3.05) is 0 Å². The molecule has 0 amide bonds. The van der Waals surface area contributed by atoms with Gasteiger partial charge in [0.1, 0.15) is 22.3 Å². The van der Waals surface area contributed by atoms with E-state index < -0.39 is 0 Å². The number of fused-ring (bicyclic) bond motifs is 12. The molecule has 3 aromatic heterocycles. The van der Waals surface area contributed by atoms with Gasteiger partial charge in [0.15, 0.2) is 0 Å². The predicted molar refractivity (Wildman–Crippen MR) is 231 cm³/mol. The largest absolute Gasteiger partial charge is 0.455 e. The second-order valence-corrected chi connectivity index (χ2v) is 14.5. The molecular formula is C52H30N2O2. The summed E-state index contributed by atoms with van der Waals surface area (Å²) in [5, 5.41) is 8.85. The highest BCUT2D eigenvalue weighted by Gasteiger charge is 2.22. The van der Waals surface area contributed by atoms with Gasteiger partial charge in [0.25, 0.3) is 0 Å². The maximum Gasteiger partial charge on any atom is 0.147 e. The molecule has 0 unspecified atom stereocenters. The van der Waals surface area contributed by atoms with Gasteiger partial charge in [0, 0.05) is 37.9 Å². The van der Waals surface area contributed by atoms with Crippen LogP contribution in [0.3, 0.4) is 0 Å². The predicted octanol–water partition coefficient (Wildman–Crippen LogP) is 14.4. The van der Waals surface area contributed by atoms with Gasteiger partial charge in [0.05, 0.1) is 28.5 Å². The summed E-state index contributed by atoms with van der Waals surface area (Å²) in [7, 11) is 0. The van der Waals surface area contributed by atoms with Gasteiger partial charge in [-0.2, -0.15) is 0 Å². The Balaban J connectivity index is 1.04. The van der Waals surface area contributed by atoms with E-state index in [-0.39, 0.29) is 0 Å². The van der Waals surface area contributed by atoms with Crippen molar-refractivity contribution in [1.29, 1.82) is 0 Å². The Labute approximate surface area is 320 Å². The number of hydrogen-bond donors (Lipinski definition) is 0.